The summed E-state index contributed by atoms with van der Waals surface area (Å²) in [5.41, 5.74) is 3.22. The highest BCUT2D eigenvalue weighted by Gasteiger charge is 2.05. The topological polar surface area (TPSA) is 42.9 Å². The molecule has 0 unspecified atom stereocenters. The maximum atomic E-state index is 11.0. The van der Waals surface area contributed by atoms with Gasteiger partial charge in [0, 0.05) is 24.6 Å². The van der Waals surface area contributed by atoms with Crippen molar-refractivity contribution in [3.8, 4) is 11.3 Å². The van der Waals surface area contributed by atoms with Gasteiger partial charge >= 0.3 is 0 Å². The Balaban J connectivity index is 2.27. The van der Waals surface area contributed by atoms with Crippen molar-refractivity contribution in [3.63, 3.8) is 0 Å². The van der Waals surface area contributed by atoms with Crippen molar-refractivity contribution < 1.29 is 4.79 Å². The molecule has 0 aliphatic carbocycles. The van der Waals surface area contributed by atoms with Gasteiger partial charge in [0.15, 0.2) is 0 Å². The summed E-state index contributed by atoms with van der Waals surface area (Å²) in [6, 6.07) is 10.0. The summed E-state index contributed by atoms with van der Waals surface area (Å²) in [7, 11) is 0. The quantitative estimate of drug-likeness (QED) is 0.825. The molecule has 0 fully saturated rings. The predicted molar refractivity (Wildman–Crippen MR) is 71.2 cm³/mol. The summed E-state index contributed by atoms with van der Waals surface area (Å²) in [6.45, 7) is 3.65. The van der Waals surface area contributed by atoms with E-state index in [4.69, 9.17) is 0 Å². The Morgan fingerprint density at radius 1 is 1.22 bits per heavy atom. The summed E-state index contributed by atoms with van der Waals surface area (Å²) < 4.78 is 0. The van der Waals surface area contributed by atoms with Crippen LogP contribution in [0, 0.1) is 6.92 Å². The zero-order valence-electron chi connectivity index (χ0n) is 10.7. The van der Waals surface area contributed by atoms with E-state index >= 15 is 0 Å². The first-order chi connectivity index (χ1) is 8.66. The molecule has 3 heteroatoms. The summed E-state index contributed by atoms with van der Waals surface area (Å²) in [5, 5.41) is 0. The molecule has 1 heterocycles. The Morgan fingerprint density at radius 2 is 2.00 bits per heavy atom. The highest BCUT2D eigenvalue weighted by atomic mass is 16.1. The van der Waals surface area contributed by atoms with E-state index in [0.29, 0.717) is 12.8 Å². The molecule has 1 aromatic heterocycles. The van der Waals surface area contributed by atoms with Crippen LogP contribution in [0.2, 0.25) is 0 Å². The molecule has 0 N–H and O–H groups in total. The van der Waals surface area contributed by atoms with Crippen molar-refractivity contribution in [1.29, 1.82) is 0 Å². The Morgan fingerprint density at radius 3 is 2.72 bits per heavy atom. The number of benzene rings is 1. The van der Waals surface area contributed by atoms with Gasteiger partial charge in [0.25, 0.3) is 0 Å². The predicted octanol–water partition coefficient (Wildman–Crippen LogP) is 2.97. The highest BCUT2D eigenvalue weighted by molar-refractivity contribution is 5.75. The number of carbonyl (C=O) groups is 1. The number of aromatic nitrogens is 2. The minimum atomic E-state index is 0.167. The molecular weight excluding hydrogens is 224 g/mol. The van der Waals surface area contributed by atoms with Crippen LogP contribution in [0.3, 0.4) is 0 Å². The second-order valence-electron chi connectivity index (χ2n) is 4.38. The van der Waals surface area contributed by atoms with Crippen molar-refractivity contribution in [2.75, 3.05) is 0 Å². The van der Waals surface area contributed by atoms with Gasteiger partial charge in [-0.1, -0.05) is 24.3 Å². The number of rotatable bonds is 4. The number of carbonyl (C=O) groups excluding carboxylic acids is 1. The lowest BCUT2D eigenvalue weighted by molar-refractivity contribution is -0.117. The molecule has 3 nitrogen and oxygen atoms in total. The number of hydrogen-bond donors (Lipinski definition) is 0. The molecule has 0 saturated carbocycles. The minimum Gasteiger partial charge on any atom is -0.300 e. The van der Waals surface area contributed by atoms with Crippen LogP contribution in [0.25, 0.3) is 11.3 Å². The number of ketones is 1. The van der Waals surface area contributed by atoms with Crippen molar-refractivity contribution in [2.45, 2.75) is 26.7 Å². The Kier molecular flexibility index (Phi) is 3.82. The number of aryl methyl sites for hydroxylation is 2. The zero-order valence-corrected chi connectivity index (χ0v) is 10.7. The van der Waals surface area contributed by atoms with E-state index in [0.717, 1.165) is 17.1 Å². The Labute approximate surface area is 107 Å². The molecule has 0 aliphatic rings. The van der Waals surface area contributed by atoms with E-state index in [2.05, 4.69) is 23.0 Å². The van der Waals surface area contributed by atoms with Crippen LogP contribution >= 0.6 is 0 Å². The van der Waals surface area contributed by atoms with Gasteiger partial charge in [-0.15, -0.1) is 0 Å². The summed E-state index contributed by atoms with van der Waals surface area (Å²) in [4.78, 5) is 19.7. The molecule has 0 atom stereocenters. The number of Topliss-reactive ketones (excluding diaryl/α,β-unsaturated/α-hetero) is 1. The molecule has 0 bridgehead atoms. The lowest BCUT2D eigenvalue weighted by Gasteiger charge is -2.06. The largest absolute Gasteiger partial charge is 0.300 e. The lowest BCUT2D eigenvalue weighted by Crippen LogP contribution is -2.00. The average molecular weight is 240 g/mol. The third-order valence-corrected chi connectivity index (χ3v) is 2.83. The van der Waals surface area contributed by atoms with E-state index in [1.165, 1.54) is 5.56 Å². The lowest BCUT2D eigenvalue weighted by atomic mass is 10.1. The molecule has 2 aromatic rings. The molecule has 0 spiro atoms. The third kappa shape index (κ3) is 3.00. The van der Waals surface area contributed by atoms with Crippen LogP contribution in [0.4, 0.5) is 0 Å². The molecule has 1 aromatic carbocycles. The van der Waals surface area contributed by atoms with Crippen molar-refractivity contribution in [2.24, 2.45) is 0 Å². The molecule has 0 radical (unpaired) electrons. The van der Waals surface area contributed by atoms with Crippen LogP contribution in [-0.2, 0) is 11.2 Å². The maximum absolute atomic E-state index is 11.0. The standard InChI is InChI=1S/C15H16N2O/c1-11-5-3-4-6-13(11)14-9-10-16-15(17-14)8-7-12(2)18/h3-6,9-10H,7-8H2,1-2H3. The van der Waals surface area contributed by atoms with Gasteiger partial charge in [-0.05, 0) is 25.5 Å². The van der Waals surface area contributed by atoms with Crippen molar-refractivity contribution in [3.05, 3.63) is 47.9 Å². The maximum Gasteiger partial charge on any atom is 0.130 e. The first kappa shape index (κ1) is 12.4. The Bertz CT molecular complexity index is 564. The van der Waals surface area contributed by atoms with Gasteiger partial charge in [0.2, 0.25) is 0 Å². The molecule has 0 saturated heterocycles. The second kappa shape index (κ2) is 5.54. The van der Waals surface area contributed by atoms with E-state index in [1.807, 2.05) is 24.3 Å². The monoisotopic (exact) mass is 240 g/mol. The zero-order chi connectivity index (χ0) is 13.0. The van der Waals surface area contributed by atoms with Crippen LogP contribution in [0.5, 0.6) is 0 Å². The van der Waals surface area contributed by atoms with Crippen molar-refractivity contribution in [1.82, 2.24) is 9.97 Å². The summed E-state index contributed by atoms with van der Waals surface area (Å²) in [6.07, 6.45) is 2.86. The van der Waals surface area contributed by atoms with Crippen LogP contribution < -0.4 is 0 Å². The van der Waals surface area contributed by atoms with E-state index in [9.17, 15) is 4.79 Å². The molecule has 0 amide bonds. The molecular formula is C15H16N2O. The van der Waals surface area contributed by atoms with Crippen LogP contribution in [0.1, 0.15) is 24.7 Å². The van der Waals surface area contributed by atoms with Gasteiger partial charge in [0.1, 0.15) is 11.6 Å². The van der Waals surface area contributed by atoms with Crippen molar-refractivity contribution >= 4 is 5.78 Å². The Hall–Kier alpha value is -2.03. The number of hydrogen-bond acceptors (Lipinski definition) is 3. The fourth-order valence-electron chi connectivity index (χ4n) is 1.82. The minimum absolute atomic E-state index is 0.167. The van der Waals surface area contributed by atoms with Gasteiger partial charge in [-0.25, -0.2) is 9.97 Å². The van der Waals surface area contributed by atoms with E-state index in [-0.39, 0.29) is 5.78 Å². The summed E-state index contributed by atoms with van der Waals surface area (Å²) >= 11 is 0. The highest BCUT2D eigenvalue weighted by Crippen LogP contribution is 2.20. The van der Waals surface area contributed by atoms with Crippen LogP contribution in [0.15, 0.2) is 36.5 Å². The SMILES string of the molecule is CC(=O)CCc1nccc(-c2ccccc2C)n1. The first-order valence-corrected chi connectivity index (χ1v) is 6.04. The normalized spacial score (nSPS) is 10.3. The van der Waals surface area contributed by atoms with Gasteiger partial charge < -0.3 is 4.79 Å². The average Bonchev–Trinajstić information content (AvgIpc) is 2.37. The molecule has 0 aliphatic heterocycles. The first-order valence-electron chi connectivity index (χ1n) is 6.04. The number of nitrogens with zero attached hydrogens (tertiary/aromatic N) is 2. The summed E-state index contributed by atoms with van der Waals surface area (Å²) in [5.74, 6) is 0.894. The molecule has 18 heavy (non-hydrogen) atoms. The van der Waals surface area contributed by atoms with Crippen LogP contribution in [-0.4, -0.2) is 15.8 Å². The van der Waals surface area contributed by atoms with E-state index < -0.39 is 0 Å². The smallest absolute Gasteiger partial charge is 0.130 e. The van der Waals surface area contributed by atoms with Gasteiger partial charge in [0.05, 0.1) is 5.69 Å². The fourth-order valence-corrected chi connectivity index (χ4v) is 1.82. The van der Waals surface area contributed by atoms with E-state index in [1.54, 1.807) is 13.1 Å². The fraction of sp³-hybridized carbons (Fsp3) is 0.267. The van der Waals surface area contributed by atoms with Gasteiger partial charge in [-0.3, -0.25) is 0 Å². The second-order valence-corrected chi connectivity index (χ2v) is 4.38. The van der Waals surface area contributed by atoms with Gasteiger partial charge in [-0.2, -0.15) is 0 Å². The molecule has 92 valence electrons. The third-order valence-electron chi connectivity index (χ3n) is 2.83. The molecule has 2 rings (SSSR count).